The lowest BCUT2D eigenvalue weighted by molar-refractivity contribution is -0.122. The maximum Gasteiger partial charge on any atom is 0.173 e. The van der Waals surface area contributed by atoms with Crippen molar-refractivity contribution in [3.63, 3.8) is 0 Å². The molecule has 102 valence electrons. The topological polar surface area (TPSA) is 38.3 Å². The molecular weight excluding hydrogens is 250 g/mol. The Bertz CT molecular complexity index is 574. The molecule has 0 spiro atoms. The first-order chi connectivity index (χ1) is 9.81. The van der Waals surface area contributed by atoms with Crippen LogP contribution in [0.4, 0.5) is 11.4 Å². The molecule has 1 N–H and O–H groups in total. The zero-order valence-electron chi connectivity index (χ0n) is 11.2. The number of carbonyl (C=O) groups is 1. The molecule has 2 aromatic rings. The minimum Gasteiger partial charge on any atom is -0.486 e. The summed E-state index contributed by atoms with van der Waals surface area (Å²) in [6.45, 7) is 0.191. The van der Waals surface area contributed by atoms with Crippen molar-refractivity contribution >= 4 is 17.2 Å². The Kier molecular flexibility index (Phi) is 3.68. The van der Waals surface area contributed by atoms with Gasteiger partial charge in [-0.3, -0.25) is 4.79 Å². The summed E-state index contributed by atoms with van der Waals surface area (Å²) in [5.41, 5.74) is 2.04. The largest absolute Gasteiger partial charge is 0.486 e. The third-order valence-electron chi connectivity index (χ3n) is 3.33. The van der Waals surface area contributed by atoms with Crippen LogP contribution in [0.15, 0.2) is 54.6 Å². The third kappa shape index (κ3) is 3.38. The van der Waals surface area contributed by atoms with E-state index in [0.717, 1.165) is 30.0 Å². The Morgan fingerprint density at radius 1 is 1.00 bits per heavy atom. The number of rotatable bonds is 6. The molecular formula is C17H17NO2. The van der Waals surface area contributed by atoms with Crippen LogP contribution >= 0.6 is 0 Å². The molecule has 3 heteroatoms. The second-order valence-corrected chi connectivity index (χ2v) is 5.04. The summed E-state index contributed by atoms with van der Waals surface area (Å²) < 4.78 is 5.50. The number of nitrogens with one attached hydrogen (secondary N) is 1. The molecule has 0 saturated heterocycles. The van der Waals surface area contributed by atoms with Gasteiger partial charge in [0.15, 0.2) is 5.78 Å². The lowest BCUT2D eigenvalue weighted by Crippen LogP contribution is -2.12. The van der Waals surface area contributed by atoms with Crippen molar-refractivity contribution in [2.45, 2.75) is 12.8 Å². The number of carbonyl (C=O) groups excluding carboxylic acids is 1. The van der Waals surface area contributed by atoms with Gasteiger partial charge in [-0.2, -0.15) is 0 Å². The predicted octanol–water partition coefficient (Wildman–Crippen LogP) is 3.79. The number of ether oxygens (including phenoxy) is 1. The quantitative estimate of drug-likeness (QED) is 0.865. The number of Topliss-reactive ketones (excluding diaryl/α,β-unsaturated/α-hetero) is 1. The van der Waals surface area contributed by atoms with Gasteiger partial charge in [0.2, 0.25) is 0 Å². The number of anilines is 2. The van der Waals surface area contributed by atoms with Gasteiger partial charge in [0, 0.05) is 17.3 Å². The van der Waals surface area contributed by atoms with Crippen LogP contribution in [0.5, 0.6) is 5.75 Å². The van der Waals surface area contributed by atoms with Crippen molar-refractivity contribution in [2.24, 2.45) is 5.92 Å². The van der Waals surface area contributed by atoms with Crippen LogP contribution in [0.2, 0.25) is 0 Å². The molecule has 0 aliphatic heterocycles. The molecule has 0 atom stereocenters. The zero-order chi connectivity index (χ0) is 13.8. The number of hydrogen-bond acceptors (Lipinski definition) is 3. The van der Waals surface area contributed by atoms with Crippen molar-refractivity contribution in [3.8, 4) is 5.75 Å². The highest BCUT2D eigenvalue weighted by atomic mass is 16.5. The summed E-state index contributed by atoms with van der Waals surface area (Å²) in [7, 11) is 0. The van der Waals surface area contributed by atoms with E-state index < -0.39 is 0 Å². The molecule has 3 rings (SSSR count). The molecule has 0 radical (unpaired) electrons. The molecule has 1 aliphatic carbocycles. The summed E-state index contributed by atoms with van der Waals surface area (Å²) in [5, 5.41) is 3.30. The van der Waals surface area contributed by atoms with E-state index in [1.54, 1.807) is 0 Å². The Labute approximate surface area is 118 Å². The van der Waals surface area contributed by atoms with Crippen molar-refractivity contribution < 1.29 is 9.53 Å². The van der Waals surface area contributed by atoms with Gasteiger partial charge in [-0.25, -0.2) is 0 Å². The molecule has 0 amide bonds. The van der Waals surface area contributed by atoms with Gasteiger partial charge in [-0.1, -0.05) is 18.2 Å². The summed E-state index contributed by atoms with van der Waals surface area (Å²) in [4.78, 5) is 11.5. The van der Waals surface area contributed by atoms with Crippen LogP contribution in [0.3, 0.4) is 0 Å². The normalized spacial score (nSPS) is 13.8. The minimum atomic E-state index is 0.191. The smallest absolute Gasteiger partial charge is 0.173 e. The van der Waals surface area contributed by atoms with Crippen LogP contribution in [-0.4, -0.2) is 12.4 Å². The van der Waals surface area contributed by atoms with E-state index in [4.69, 9.17) is 4.74 Å². The van der Waals surface area contributed by atoms with E-state index >= 15 is 0 Å². The second-order valence-electron chi connectivity index (χ2n) is 5.04. The maximum atomic E-state index is 11.5. The fourth-order valence-corrected chi connectivity index (χ4v) is 2.00. The average Bonchev–Trinajstić information content (AvgIpc) is 3.32. The van der Waals surface area contributed by atoms with Gasteiger partial charge in [-0.05, 0) is 49.2 Å². The Morgan fingerprint density at radius 2 is 1.65 bits per heavy atom. The van der Waals surface area contributed by atoms with Gasteiger partial charge in [0.1, 0.15) is 12.4 Å². The predicted molar refractivity (Wildman–Crippen MR) is 79.4 cm³/mol. The van der Waals surface area contributed by atoms with E-state index in [2.05, 4.69) is 5.32 Å². The molecule has 20 heavy (non-hydrogen) atoms. The summed E-state index contributed by atoms with van der Waals surface area (Å²) in [5.74, 6) is 1.21. The van der Waals surface area contributed by atoms with E-state index in [1.165, 1.54) is 0 Å². The average molecular weight is 267 g/mol. The Balaban J connectivity index is 1.55. The zero-order valence-corrected chi connectivity index (χ0v) is 11.2. The van der Waals surface area contributed by atoms with Crippen molar-refractivity contribution in [2.75, 3.05) is 11.9 Å². The monoisotopic (exact) mass is 267 g/mol. The lowest BCUT2D eigenvalue weighted by Gasteiger charge is -2.08. The molecule has 0 unspecified atom stereocenters. The minimum absolute atomic E-state index is 0.191. The van der Waals surface area contributed by atoms with Crippen molar-refractivity contribution in [1.29, 1.82) is 0 Å². The lowest BCUT2D eigenvalue weighted by atomic mass is 10.2. The highest BCUT2D eigenvalue weighted by Crippen LogP contribution is 2.30. The van der Waals surface area contributed by atoms with Crippen LogP contribution < -0.4 is 10.1 Å². The van der Waals surface area contributed by atoms with Gasteiger partial charge in [0.25, 0.3) is 0 Å². The van der Waals surface area contributed by atoms with Gasteiger partial charge in [-0.15, -0.1) is 0 Å². The highest BCUT2D eigenvalue weighted by Gasteiger charge is 2.29. The fourth-order valence-electron chi connectivity index (χ4n) is 2.00. The third-order valence-corrected chi connectivity index (χ3v) is 3.33. The molecule has 0 aromatic heterocycles. The Hall–Kier alpha value is -2.29. The van der Waals surface area contributed by atoms with E-state index in [9.17, 15) is 4.79 Å². The first-order valence-corrected chi connectivity index (χ1v) is 6.89. The molecule has 1 aliphatic rings. The van der Waals surface area contributed by atoms with Crippen LogP contribution in [0.1, 0.15) is 12.8 Å². The summed E-state index contributed by atoms with van der Waals surface area (Å²) >= 11 is 0. The molecule has 2 aromatic carbocycles. The van der Waals surface area contributed by atoms with Crippen LogP contribution in [0.25, 0.3) is 0 Å². The Morgan fingerprint density at radius 3 is 2.30 bits per heavy atom. The number of ketones is 1. The maximum absolute atomic E-state index is 11.5. The SMILES string of the molecule is O=C(COc1ccc(Nc2ccccc2)cc1)C1CC1. The first-order valence-electron chi connectivity index (χ1n) is 6.89. The van der Waals surface area contributed by atoms with E-state index in [0.29, 0.717) is 0 Å². The van der Waals surface area contributed by atoms with Crippen LogP contribution in [0, 0.1) is 5.92 Å². The fraction of sp³-hybridized carbons (Fsp3) is 0.235. The second kappa shape index (κ2) is 5.78. The van der Waals surface area contributed by atoms with Gasteiger partial charge < -0.3 is 10.1 Å². The van der Waals surface area contributed by atoms with Gasteiger partial charge >= 0.3 is 0 Å². The molecule has 3 nitrogen and oxygen atoms in total. The van der Waals surface area contributed by atoms with E-state index in [-0.39, 0.29) is 18.3 Å². The highest BCUT2D eigenvalue weighted by molar-refractivity contribution is 5.84. The number of para-hydroxylation sites is 1. The van der Waals surface area contributed by atoms with Gasteiger partial charge in [0.05, 0.1) is 0 Å². The summed E-state index contributed by atoms with van der Waals surface area (Å²) in [6.07, 6.45) is 2.06. The molecule has 1 fully saturated rings. The molecule has 1 saturated carbocycles. The van der Waals surface area contributed by atoms with Crippen molar-refractivity contribution in [1.82, 2.24) is 0 Å². The summed E-state index contributed by atoms with van der Waals surface area (Å²) in [6, 6.07) is 17.6. The number of benzene rings is 2. The molecule has 0 bridgehead atoms. The van der Waals surface area contributed by atoms with E-state index in [1.807, 2.05) is 54.6 Å². The number of hydrogen-bond donors (Lipinski definition) is 1. The molecule has 0 heterocycles. The first kappa shape index (κ1) is 12.7. The van der Waals surface area contributed by atoms with Crippen molar-refractivity contribution in [3.05, 3.63) is 54.6 Å². The standard InChI is InChI=1S/C17H17NO2/c19-17(13-6-7-13)12-20-16-10-8-15(9-11-16)18-14-4-2-1-3-5-14/h1-5,8-11,13,18H,6-7,12H2. The van der Waals surface area contributed by atoms with Crippen LogP contribution in [-0.2, 0) is 4.79 Å².